The molecule has 0 radical (unpaired) electrons. The van der Waals surface area contributed by atoms with E-state index in [1.807, 2.05) is 6.92 Å². The standard InChI is InChI=1S/C13H12BrNO2/c1-7-5-10(8(2)17-7)13(16)11-6-9(15)3-4-12(11)14/h3-6H,15H2,1-2H3. The topological polar surface area (TPSA) is 56.2 Å². The second-order valence-corrected chi connectivity index (χ2v) is 4.75. The third-order valence-corrected chi connectivity index (χ3v) is 3.21. The zero-order valence-corrected chi connectivity index (χ0v) is 11.2. The van der Waals surface area contributed by atoms with Crippen molar-refractivity contribution < 1.29 is 9.21 Å². The van der Waals surface area contributed by atoms with E-state index in [-0.39, 0.29) is 5.78 Å². The minimum absolute atomic E-state index is 0.0847. The summed E-state index contributed by atoms with van der Waals surface area (Å²) in [5, 5.41) is 0. The van der Waals surface area contributed by atoms with Gasteiger partial charge in [0.1, 0.15) is 11.5 Å². The molecule has 0 atom stereocenters. The number of rotatable bonds is 2. The van der Waals surface area contributed by atoms with Crippen LogP contribution in [0.4, 0.5) is 5.69 Å². The maximum Gasteiger partial charge on any atom is 0.197 e. The van der Waals surface area contributed by atoms with Crippen molar-refractivity contribution in [3.8, 4) is 0 Å². The molecule has 0 unspecified atom stereocenters. The summed E-state index contributed by atoms with van der Waals surface area (Å²) < 4.78 is 6.09. The highest BCUT2D eigenvalue weighted by atomic mass is 79.9. The quantitative estimate of drug-likeness (QED) is 0.681. The third kappa shape index (κ3) is 2.26. The van der Waals surface area contributed by atoms with Gasteiger partial charge in [-0.1, -0.05) is 15.9 Å². The Morgan fingerprint density at radius 3 is 2.53 bits per heavy atom. The minimum atomic E-state index is -0.0847. The molecule has 1 aromatic carbocycles. The summed E-state index contributed by atoms with van der Waals surface area (Å²) in [4.78, 5) is 12.3. The van der Waals surface area contributed by atoms with Crippen LogP contribution in [0.2, 0.25) is 0 Å². The zero-order valence-electron chi connectivity index (χ0n) is 9.58. The summed E-state index contributed by atoms with van der Waals surface area (Å²) in [6.07, 6.45) is 0. The normalized spacial score (nSPS) is 10.5. The van der Waals surface area contributed by atoms with Crippen LogP contribution in [0.5, 0.6) is 0 Å². The molecule has 2 aromatic rings. The number of hydrogen-bond acceptors (Lipinski definition) is 3. The van der Waals surface area contributed by atoms with Crippen LogP contribution in [0, 0.1) is 13.8 Å². The summed E-state index contributed by atoms with van der Waals surface area (Å²) in [6.45, 7) is 3.60. The monoisotopic (exact) mass is 293 g/mol. The number of nitrogen functional groups attached to an aromatic ring is 1. The molecular formula is C13H12BrNO2. The zero-order chi connectivity index (χ0) is 12.6. The summed E-state index contributed by atoms with van der Waals surface area (Å²) in [7, 11) is 0. The first-order valence-electron chi connectivity index (χ1n) is 5.16. The van der Waals surface area contributed by atoms with Crippen molar-refractivity contribution in [1.82, 2.24) is 0 Å². The van der Waals surface area contributed by atoms with Crippen molar-refractivity contribution in [1.29, 1.82) is 0 Å². The summed E-state index contributed by atoms with van der Waals surface area (Å²) in [5.41, 5.74) is 7.38. The van der Waals surface area contributed by atoms with Gasteiger partial charge in [0.2, 0.25) is 0 Å². The van der Waals surface area contributed by atoms with Gasteiger partial charge >= 0.3 is 0 Å². The van der Waals surface area contributed by atoms with Gasteiger partial charge in [0, 0.05) is 15.7 Å². The Hall–Kier alpha value is -1.55. The van der Waals surface area contributed by atoms with Crippen LogP contribution < -0.4 is 5.73 Å². The Bertz CT molecular complexity index is 587. The number of aryl methyl sites for hydroxylation is 2. The maximum atomic E-state index is 12.3. The van der Waals surface area contributed by atoms with Crippen LogP contribution in [0.15, 0.2) is 33.2 Å². The summed E-state index contributed by atoms with van der Waals surface area (Å²) >= 11 is 3.35. The van der Waals surface area contributed by atoms with Crippen molar-refractivity contribution in [2.45, 2.75) is 13.8 Å². The molecule has 0 bridgehead atoms. The average molecular weight is 294 g/mol. The number of carbonyl (C=O) groups is 1. The first-order chi connectivity index (χ1) is 7.99. The Balaban J connectivity index is 2.50. The number of hydrogen-bond donors (Lipinski definition) is 1. The first-order valence-corrected chi connectivity index (χ1v) is 5.95. The number of ketones is 1. The van der Waals surface area contributed by atoms with E-state index >= 15 is 0 Å². The number of benzene rings is 1. The molecular weight excluding hydrogens is 282 g/mol. The highest BCUT2D eigenvalue weighted by Crippen LogP contribution is 2.25. The molecule has 0 fully saturated rings. The number of anilines is 1. The molecule has 0 aliphatic carbocycles. The van der Waals surface area contributed by atoms with Crippen molar-refractivity contribution in [2.24, 2.45) is 0 Å². The second-order valence-electron chi connectivity index (χ2n) is 3.90. The maximum absolute atomic E-state index is 12.3. The van der Waals surface area contributed by atoms with Gasteiger partial charge in [-0.05, 0) is 38.1 Å². The van der Waals surface area contributed by atoms with Crippen molar-refractivity contribution in [3.63, 3.8) is 0 Å². The van der Waals surface area contributed by atoms with E-state index in [1.165, 1.54) is 0 Å². The largest absolute Gasteiger partial charge is 0.466 e. The smallest absolute Gasteiger partial charge is 0.197 e. The predicted molar refractivity (Wildman–Crippen MR) is 70.2 cm³/mol. The van der Waals surface area contributed by atoms with Crippen molar-refractivity contribution >= 4 is 27.4 Å². The molecule has 0 saturated carbocycles. The van der Waals surface area contributed by atoms with E-state index < -0.39 is 0 Å². The average Bonchev–Trinajstić information content (AvgIpc) is 2.60. The van der Waals surface area contributed by atoms with E-state index in [0.29, 0.717) is 22.6 Å². The third-order valence-electron chi connectivity index (χ3n) is 2.52. The highest BCUT2D eigenvalue weighted by Gasteiger charge is 2.18. The van der Waals surface area contributed by atoms with Crippen LogP contribution >= 0.6 is 15.9 Å². The molecule has 88 valence electrons. The fourth-order valence-corrected chi connectivity index (χ4v) is 2.14. The molecule has 0 aliphatic rings. The number of nitrogens with two attached hydrogens (primary N) is 1. The van der Waals surface area contributed by atoms with E-state index in [9.17, 15) is 4.79 Å². The van der Waals surface area contributed by atoms with E-state index in [4.69, 9.17) is 10.2 Å². The molecule has 0 aliphatic heterocycles. The Labute approximate surface area is 108 Å². The first kappa shape index (κ1) is 11.9. The van der Waals surface area contributed by atoms with Crippen LogP contribution in [0.3, 0.4) is 0 Å². The van der Waals surface area contributed by atoms with Gasteiger partial charge in [0.05, 0.1) is 5.56 Å². The Morgan fingerprint density at radius 2 is 1.94 bits per heavy atom. The molecule has 0 amide bonds. The number of furan rings is 1. The molecule has 0 saturated heterocycles. The van der Waals surface area contributed by atoms with Gasteiger partial charge in [-0.3, -0.25) is 4.79 Å². The minimum Gasteiger partial charge on any atom is -0.466 e. The molecule has 3 nitrogen and oxygen atoms in total. The lowest BCUT2D eigenvalue weighted by molar-refractivity contribution is 0.103. The Morgan fingerprint density at radius 1 is 1.24 bits per heavy atom. The van der Waals surface area contributed by atoms with Crippen molar-refractivity contribution in [2.75, 3.05) is 5.73 Å². The Kier molecular flexibility index (Phi) is 3.07. The van der Waals surface area contributed by atoms with Crippen LogP contribution in [0.25, 0.3) is 0 Å². The summed E-state index contributed by atoms with van der Waals surface area (Å²) in [5.74, 6) is 1.27. The van der Waals surface area contributed by atoms with Crippen LogP contribution in [0.1, 0.15) is 27.4 Å². The number of halogens is 1. The molecule has 2 N–H and O–H groups in total. The van der Waals surface area contributed by atoms with Gasteiger partial charge in [0.25, 0.3) is 0 Å². The molecule has 17 heavy (non-hydrogen) atoms. The van der Waals surface area contributed by atoms with Gasteiger partial charge < -0.3 is 10.2 Å². The predicted octanol–water partition coefficient (Wildman–Crippen LogP) is 3.47. The highest BCUT2D eigenvalue weighted by molar-refractivity contribution is 9.10. The molecule has 1 aromatic heterocycles. The van der Waals surface area contributed by atoms with E-state index in [1.54, 1.807) is 31.2 Å². The lowest BCUT2D eigenvalue weighted by Crippen LogP contribution is -2.03. The molecule has 0 spiro atoms. The van der Waals surface area contributed by atoms with Crippen LogP contribution in [-0.2, 0) is 0 Å². The summed E-state index contributed by atoms with van der Waals surface area (Å²) in [6, 6.07) is 6.92. The fourth-order valence-electron chi connectivity index (χ4n) is 1.72. The lowest BCUT2D eigenvalue weighted by atomic mass is 10.0. The van der Waals surface area contributed by atoms with Gasteiger partial charge in [-0.2, -0.15) is 0 Å². The van der Waals surface area contributed by atoms with Crippen molar-refractivity contribution in [3.05, 3.63) is 51.4 Å². The number of carbonyl (C=O) groups excluding carboxylic acids is 1. The van der Waals surface area contributed by atoms with E-state index in [2.05, 4.69) is 15.9 Å². The van der Waals surface area contributed by atoms with Crippen LogP contribution in [-0.4, -0.2) is 5.78 Å². The van der Waals surface area contributed by atoms with Gasteiger partial charge in [-0.15, -0.1) is 0 Å². The molecule has 2 rings (SSSR count). The fraction of sp³-hybridized carbons (Fsp3) is 0.154. The SMILES string of the molecule is Cc1cc(C(=O)c2cc(N)ccc2Br)c(C)o1. The lowest BCUT2D eigenvalue weighted by Gasteiger charge is -2.03. The van der Waals surface area contributed by atoms with E-state index in [0.717, 1.165) is 10.2 Å². The molecule has 1 heterocycles. The molecule has 4 heteroatoms. The van der Waals surface area contributed by atoms with Gasteiger partial charge in [0.15, 0.2) is 5.78 Å². The van der Waals surface area contributed by atoms with Gasteiger partial charge in [-0.25, -0.2) is 0 Å². The second kappa shape index (κ2) is 4.37.